The zero-order valence-electron chi connectivity index (χ0n) is 15.7. The molecule has 0 amide bonds. The van der Waals surface area contributed by atoms with Gasteiger partial charge >= 0.3 is 0 Å². The van der Waals surface area contributed by atoms with Crippen molar-refractivity contribution in [2.24, 2.45) is 0 Å². The first-order chi connectivity index (χ1) is 14.1. The zero-order valence-corrected chi connectivity index (χ0v) is 17.2. The van der Waals surface area contributed by atoms with Crippen molar-refractivity contribution in [3.8, 4) is 11.3 Å². The van der Waals surface area contributed by atoms with Crippen LogP contribution in [0.25, 0.3) is 11.3 Å². The molecule has 1 saturated heterocycles. The fourth-order valence-corrected chi connectivity index (χ4v) is 4.24. The summed E-state index contributed by atoms with van der Waals surface area (Å²) in [5.41, 5.74) is 2.92. The van der Waals surface area contributed by atoms with Gasteiger partial charge in [0.2, 0.25) is 0 Å². The van der Waals surface area contributed by atoms with Crippen LogP contribution < -0.4 is 0 Å². The van der Waals surface area contributed by atoms with Crippen molar-refractivity contribution in [3.63, 3.8) is 0 Å². The first-order valence-corrected chi connectivity index (χ1v) is 10.2. The molecule has 0 unspecified atom stereocenters. The van der Waals surface area contributed by atoms with E-state index in [2.05, 4.69) is 14.9 Å². The van der Waals surface area contributed by atoms with Crippen LogP contribution >= 0.6 is 23.2 Å². The summed E-state index contributed by atoms with van der Waals surface area (Å²) in [6, 6.07) is 14.4. The van der Waals surface area contributed by atoms with Crippen LogP contribution in [-0.2, 0) is 4.74 Å². The standard InChI is InChI=1S/C22H21Cl2N3O2/c23-16-12-15(13-17(24)14-16)20-18(4-3-7-26-20)22(28)21(19-5-1-2-6-25-19)27-8-10-29-11-9-27/h1-7,12-14,21-22,28H,8-11H2/t21-,22+/m0/s1. The lowest BCUT2D eigenvalue weighted by Gasteiger charge is -2.37. The third-order valence-electron chi connectivity index (χ3n) is 5.02. The van der Waals surface area contributed by atoms with Crippen molar-refractivity contribution in [1.82, 2.24) is 14.9 Å². The molecule has 0 aliphatic carbocycles. The van der Waals surface area contributed by atoms with E-state index in [9.17, 15) is 5.11 Å². The van der Waals surface area contributed by atoms with Crippen molar-refractivity contribution in [2.45, 2.75) is 12.1 Å². The third-order valence-corrected chi connectivity index (χ3v) is 5.46. The average molecular weight is 430 g/mol. The summed E-state index contributed by atoms with van der Waals surface area (Å²) in [5, 5.41) is 12.6. The molecule has 1 aromatic carbocycles. The first kappa shape index (κ1) is 20.3. The van der Waals surface area contributed by atoms with Gasteiger partial charge in [-0.15, -0.1) is 0 Å². The number of halogens is 2. The number of morpholine rings is 1. The molecule has 0 radical (unpaired) electrons. The Balaban J connectivity index is 1.78. The van der Waals surface area contributed by atoms with Crippen molar-refractivity contribution in [3.05, 3.63) is 82.2 Å². The molecule has 4 rings (SSSR count). The van der Waals surface area contributed by atoms with E-state index in [-0.39, 0.29) is 6.04 Å². The average Bonchev–Trinajstić information content (AvgIpc) is 2.75. The topological polar surface area (TPSA) is 58.5 Å². The molecular formula is C22H21Cl2N3O2. The van der Waals surface area contributed by atoms with E-state index < -0.39 is 6.10 Å². The van der Waals surface area contributed by atoms with Crippen LogP contribution in [0.5, 0.6) is 0 Å². The molecule has 29 heavy (non-hydrogen) atoms. The lowest BCUT2D eigenvalue weighted by atomic mass is 9.93. The minimum Gasteiger partial charge on any atom is -0.386 e. The highest BCUT2D eigenvalue weighted by Crippen LogP contribution is 2.38. The van der Waals surface area contributed by atoms with Gasteiger partial charge in [0.25, 0.3) is 0 Å². The number of benzene rings is 1. The van der Waals surface area contributed by atoms with Gasteiger partial charge in [0, 0.05) is 46.7 Å². The highest BCUT2D eigenvalue weighted by Gasteiger charge is 2.32. The van der Waals surface area contributed by atoms with Crippen molar-refractivity contribution >= 4 is 23.2 Å². The van der Waals surface area contributed by atoms with Gasteiger partial charge in [-0.05, 0) is 36.4 Å². The van der Waals surface area contributed by atoms with Crippen molar-refractivity contribution in [2.75, 3.05) is 26.3 Å². The van der Waals surface area contributed by atoms with E-state index in [1.165, 1.54) is 0 Å². The van der Waals surface area contributed by atoms with E-state index in [0.29, 0.717) is 34.5 Å². The molecule has 0 saturated carbocycles. The largest absolute Gasteiger partial charge is 0.386 e. The van der Waals surface area contributed by atoms with Gasteiger partial charge in [-0.25, -0.2) is 0 Å². The Labute approximate surface area is 179 Å². The van der Waals surface area contributed by atoms with E-state index in [0.717, 1.165) is 24.3 Å². The molecule has 3 aromatic rings. The van der Waals surface area contributed by atoms with Crippen LogP contribution in [-0.4, -0.2) is 46.3 Å². The predicted octanol–water partition coefficient (Wildman–Crippen LogP) is 4.56. The van der Waals surface area contributed by atoms with E-state index in [1.54, 1.807) is 30.6 Å². The quantitative estimate of drug-likeness (QED) is 0.643. The molecule has 1 aliphatic heterocycles. The lowest BCUT2D eigenvalue weighted by Crippen LogP contribution is -2.41. The molecule has 1 aliphatic rings. The lowest BCUT2D eigenvalue weighted by molar-refractivity contribution is -0.0251. The normalized spacial score (nSPS) is 17.1. The molecule has 7 heteroatoms. The van der Waals surface area contributed by atoms with Gasteiger partial charge in [-0.2, -0.15) is 0 Å². The maximum absolute atomic E-state index is 11.5. The molecule has 0 bridgehead atoms. The highest BCUT2D eigenvalue weighted by atomic mass is 35.5. The van der Waals surface area contributed by atoms with E-state index >= 15 is 0 Å². The first-order valence-electron chi connectivity index (χ1n) is 9.45. The fraction of sp³-hybridized carbons (Fsp3) is 0.273. The molecular weight excluding hydrogens is 409 g/mol. The Hall–Kier alpha value is -2.02. The second-order valence-corrected chi connectivity index (χ2v) is 7.76. The van der Waals surface area contributed by atoms with Gasteiger partial charge in [0.1, 0.15) is 6.10 Å². The summed E-state index contributed by atoms with van der Waals surface area (Å²) in [6.07, 6.45) is 2.60. The van der Waals surface area contributed by atoms with Crippen molar-refractivity contribution in [1.29, 1.82) is 0 Å². The number of aliphatic hydroxyl groups excluding tert-OH is 1. The maximum atomic E-state index is 11.5. The SMILES string of the molecule is O[C@H](c1cccnc1-c1cc(Cl)cc(Cl)c1)[C@H](c1ccccn1)N1CCOCC1. The molecule has 2 atom stereocenters. The summed E-state index contributed by atoms with van der Waals surface area (Å²) in [5.74, 6) is 0. The Bertz CT molecular complexity index is 945. The highest BCUT2D eigenvalue weighted by molar-refractivity contribution is 6.35. The van der Waals surface area contributed by atoms with E-state index in [1.807, 2.05) is 30.3 Å². The van der Waals surface area contributed by atoms with Crippen LogP contribution in [0.15, 0.2) is 60.9 Å². The third kappa shape index (κ3) is 4.60. The molecule has 2 aromatic heterocycles. The molecule has 1 N–H and O–H groups in total. The Morgan fingerprint density at radius 3 is 2.34 bits per heavy atom. The Morgan fingerprint density at radius 2 is 1.66 bits per heavy atom. The minimum atomic E-state index is -0.843. The molecule has 150 valence electrons. The molecule has 1 fully saturated rings. The number of rotatable bonds is 5. The predicted molar refractivity (Wildman–Crippen MR) is 114 cm³/mol. The molecule has 3 heterocycles. The van der Waals surface area contributed by atoms with Gasteiger partial charge in [0.15, 0.2) is 0 Å². The fourth-order valence-electron chi connectivity index (χ4n) is 3.71. The van der Waals surface area contributed by atoms with Crippen molar-refractivity contribution < 1.29 is 9.84 Å². The Kier molecular flexibility index (Phi) is 6.43. The van der Waals surface area contributed by atoms with Gasteiger partial charge in [-0.3, -0.25) is 14.9 Å². The molecule has 5 nitrogen and oxygen atoms in total. The number of ether oxygens (including phenoxy) is 1. The number of hydrogen-bond acceptors (Lipinski definition) is 5. The second-order valence-electron chi connectivity index (χ2n) is 6.89. The number of aromatic nitrogens is 2. The van der Waals surface area contributed by atoms with E-state index in [4.69, 9.17) is 27.9 Å². The monoisotopic (exact) mass is 429 g/mol. The van der Waals surface area contributed by atoms with Gasteiger partial charge in [0.05, 0.1) is 30.6 Å². The maximum Gasteiger partial charge on any atom is 0.102 e. The summed E-state index contributed by atoms with van der Waals surface area (Å²) >= 11 is 12.4. The van der Waals surface area contributed by atoms with Gasteiger partial charge in [-0.1, -0.05) is 35.3 Å². The number of pyridine rings is 2. The van der Waals surface area contributed by atoms with Crippen LogP contribution in [0.3, 0.4) is 0 Å². The van der Waals surface area contributed by atoms with Crippen LogP contribution in [0.1, 0.15) is 23.4 Å². The molecule has 0 spiro atoms. The summed E-state index contributed by atoms with van der Waals surface area (Å²) in [6.45, 7) is 2.69. The van der Waals surface area contributed by atoms with Crippen LogP contribution in [0, 0.1) is 0 Å². The number of aliphatic hydroxyl groups is 1. The van der Waals surface area contributed by atoms with Crippen LogP contribution in [0.2, 0.25) is 10.0 Å². The smallest absolute Gasteiger partial charge is 0.102 e. The number of nitrogens with zero attached hydrogens (tertiary/aromatic N) is 3. The second kappa shape index (κ2) is 9.20. The van der Waals surface area contributed by atoms with Gasteiger partial charge < -0.3 is 9.84 Å². The summed E-state index contributed by atoms with van der Waals surface area (Å²) < 4.78 is 5.51. The summed E-state index contributed by atoms with van der Waals surface area (Å²) in [7, 11) is 0. The minimum absolute atomic E-state index is 0.322. The Morgan fingerprint density at radius 1 is 0.931 bits per heavy atom. The van der Waals surface area contributed by atoms with Crippen LogP contribution in [0.4, 0.5) is 0 Å². The number of hydrogen-bond donors (Lipinski definition) is 1. The zero-order chi connectivity index (χ0) is 20.2. The summed E-state index contributed by atoms with van der Waals surface area (Å²) in [4.78, 5) is 11.3.